The minimum atomic E-state index is 0.580. The van der Waals surface area contributed by atoms with Crippen LogP contribution in [0.1, 0.15) is 30.3 Å². The molecule has 0 saturated carbocycles. The predicted octanol–water partition coefficient (Wildman–Crippen LogP) is 1.58. The molecule has 0 aliphatic carbocycles. The summed E-state index contributed by atoms with van der Waals surface area (Å²) >= 11 is 1.82. The molecule has 0 radical (unpaired) electrons. The number of likely N-dealkylation sites (tertiary alicyclic amines) is 1. The van der Waals surface area contributed by atoms with Gasteiger partial charge in [-0.05, 0) is 19.4 Å². The lowest BCUT2D eigenvalue weighted by molar-refractivity contribution is 0.121. The van der Waals surface area contributed by atoms with Crippen LogP contribution < -0.4 is 5.32 Å². The molecular weight excluding hydrogens is 256 g/mol. The van der Waals surface area contributed by atoms with Crippen LogP contribution in [0.3, 0.4) is 0 Å². The number of hydrogen-bond acceptors (Lipinski definition) is 5. The van der Waals surface area contributed by atoms with Crippen LogP contribution in [-0.4, -0.2) is 60.6 Å². The molecule has 0 aromatic carbocycles. The Kier molecular flexibility index (Phi) is 4.82. The van der Waals surface area contributed by atoms with E-state index in [2.05, 4.69) is 25.5 Å². The number of piperazine rings is 1. The van der Waals surface area contributed by atoms with Crippen molar-refractivity contribution in [1.29, 1.82) is 0 Å². The van der Waals surface area contributed by atoms with Gasteiger partial charge in [-0.25, -0.2) is 4.98 Å². The second-order valence-electron chi connectivity index (χ2n) is 5.51. The van der Waals surface area contributed by atoms with E-state index >= 15 is 0 Å². The van der Waals surface area contributed by atoms with Crippen LogP contribution in [0, 0.1) is 0 Å². The summed E-state index contributed by atoms with van der Waals surface area (Å²) < 4.78 is 0. The largest absolute Gasteiger partial charge is 0.314 e. The molecule has 5 heteroatoms. The van der Waals surface area contributed by atoms with Gasteiger partial charge in [-0.3, -0.25) is 9.80 Å². The van der Waals surface area contributed by atoms with Gasteiger partial charge in [0.2, 0.25) is 0 Å². The second-order valence-corrected chi connectivity index (χ2v) is 6.44. The molecule has 19 heavy (non-hydrogen) atoms. The smallest absolute Gasteiger partial charge is 0.110 e. The molecule has 2 saturated heterocycles. The first-order valence-electron chi connectivity index (χ1n) is 7.50. The van der Waals surface area contributed by atoms with Gasteiger partial charge in [0.05, 0.1) is 6.04 Å². The van der Waals surface area contributed by atoms with Gasteiger partial charge in [0.1, 0.15) is 5.01 Å². The van der Waals surface area contributed by atoms with Crippen LogP contribution in [0.4, 0.5) is 0 Å². The molecule has 0 amide bonds. The van der Waals surface area contributed by atoms with E-state index in [-0.39, 0.29) is 0 Å². The SMILES string of the molecule is c1csc(C2CCCCN2CCN2CCNCC2)n1. The third-order valence-corrected chi connectivity index (χ3v) is 5.14. The molecule has 2 fully saturated rings. The van der Waals surface area contributed by atoms with Gasteiger partial charge >= 0.3 is 0 Å². The summed E-state index contributed by atoms with van der Waals surface area (Å²) in [6.45, 7) is 8.36. The normalized spacial score (nSPS) is 26.6. The average Bonchev–Trinajstić information content (AvgIpc) is 3.01. The van der Waals surface area contributed by atoms with Crippen molar-refractivity contribution in [1.82, 2.24) is 20.1 Å². The van der Waals surface area contributed by atoms with Gasteiger partial charge in [0.15, 0.2) is 0 Å². The van der Waals surface area contributed by atoms with Crippen molar-refractivity contribution in [3.05, 3.63) is 16.6 Å². The molecule has 1 unspecified atom stereocenters. The van der Waals surface area contributed by atoms with Crippen molar-refractivity contribution in [2.45, 2.75) is 25.3 Å². The lowest BCUT2D eigenvalue weighted by atomic mass is 10.0. The quantitative estimate of drug-likeness (QED) is 0.907. The molecule has 3 rings (SSSR count). The van der Waals surface area contributed by atoms with Crippen molar-refractivity contribution in [3.8, 4) is 0 Å². The van der Waals surface area contributed by atoms with E-state index < -0.39 is 0 Å². The lowest BCUT2D eigenvalue weighted by Crippen LogP contribution is -2.47. The Labute approximate surface area is 119 Å². The van der Waals surface area contributed by atoms with E-state index in [9.17, 15) is 0 Å². The Morgan fingerprint density at radius 2 is 2.11 bits per heavy atom. The summed E-state index contributed by atoms with van der Waals surface area (Å²) in [6.07, 6.45) is 5.94. The predicted molar refractivity (Wildman–Crippen MR) is 79.6 cm³/mol. The number of aromatic nitrogens is 1. The molecule has 0 bridgehead atoms. The molecule has 1 aromatic rings. The van der Waals surface area contributed by atoms with Crippen molar-refractivity contribution in [2.75, 3.05) is 45.8 Å². The zero-order valence-electron chi connectivity index (χ0n) is 11.6. The third kappa shape index (κ3) is 3.54. The van der Waals surface area contributed by atoms with Gasteiger partial charge in [-0.1, -0.05) is 6.42 Å². The molecule has 2 aliphatic rings. The maximum Gasteiger partial charge on any atom is 0.110 e. The summed E-state index contributed by atoms with van der Waals surface area (Å²) in [5, 5.41) is 6.85. The highest BCUT2D eigenvalue weighted by Gasteiger charge is 2.25. The topological polar surface area (TPSA) is 31.4 Å². The van der Waals surface area contributed by atoms with Gasteiger partial charge in [-0.2, -0.15) is 0 Å². The van der Waals surface area contributed by atoms with Crippen LogP contribution >= 0.6 is 11.3 Å². The molecule has 1 aromatic heterocycles. The minimum Gasteiger partial charge on any atom is -0.314 e. The van der Waals surface area contributed by atoms with E-state index in [4.69, 9.17) is 0 Å². The van der Waals surface area contributed by atoms with E-state index in [1.165, 1.54) is 57.0 Å². The summed E-state index contributed by atoms with van der Waals surface area (Å²) in [6, 6.07) is 0.580. The van der Waals surface area contributed by atoms with E-state index in [1.54, 1.807) is 0 Å². The van der Waals surface area contributed by atoms with Gasteiger partial charge in [-0.15, -0.1) is 11.3 Å². The number of hydrogen-bond donors (Lipinski definition) is 1. The minimum absolute atomic E-state index is 0.580. The zero-order chi connectivity index (χ0) is 12.9. The Morgan fingerprint density at radius 1 is 1.21 bits per heavy atom. The number of thiazole rings is 1. The maximum atomic E-state index is 4.54. The third-order valence-electron chi connectivity index (χ3n) is 4.26. The first kappa shape index (κ1) is 13.5. The summed E-state index contributed by atoms with van der Waals surface area (Å²) in [4.78, 5) is 9.78. The lowest BCUT2D eigenvalue weighted by Gasteiger charge is -2.36. The average molecular weight is 280 g/mol. The summed E-state index contributed by atoms with van der Waals surface area (Å²) in [7, 11) is 0. The van der Waals surface area contributed by atoms with E-state index in [0.717, 1.165) is 13.1 Å². The number of nitrogens with one attached hydrogen (secondary N) is 1. The Morgan fingerprint density at radius 3 is 2.89 bits per heavy atom. The Balaban J connectivity index is 1.55. The van der Waals surface area contributed by atoms with Gasteiger partial charge in [0.25, 0.3) is 0 Å². The molecule has 0 spiro atoms. The van der Waals surface area contributed by atoms with E-state index in [1.807, 2.05) is 17.5 Å². The van der Waals surface area contributed by atoms with Crippen molar-refractivity contribution >= 4 is 11.3 Å². The van der Waals surface area contributed by atoms with E-state index in [0.29, 0.717) is 6.04 Å². The van der Waals surface area contributed by atoms with Crippen LogP contribution in [0.5, 0.6) is 0 Å². The zero-order valence-corrected chi connectivity index (χ0v) is 12.4. The molecular formula is C14H24N4S. The molecule has 1 atom stereocenters. The molecule has 1 N–H and O–H groups in total. The maximum absolute atomic E-state index is 4.54. The highest BCUT2D eigenvalue weighted by Crippen LogP contribution is 2.31. The van der Waals surface area contributed by atoms with Crippen LogP contribution in [0.25, 0.3) is 0 Å². The van der Waals surface area contributed by atoms with Crippen molar-refractivity contribution in [3.63, 3.8) is 0 Å². The Bertz CT molecular complexity index is 362. The molecule has 2 aliphatic heterocycles. The second kappa shape index (κ2) is 6.79. The number of piperidine rings is 1. The highest BCUT2D eigenvalue weighted by atomic mass is 32.1. The molecule has 3 heterocycles. The van der Waals surface area contributed by atoms with Crippen LogP contribution in [0.2, 0.25) is 0 Å². The fourth-order valence-corrected chi connectivity index (χ4v) is 3.95. The summed E-state index contributed by atoms with van der Waals surface area (Å²) in [5.74, 6) is 0. The first-order valence-corrected chi connectivity index (χ1v) is 8.38. The van der Waals surface area contributed by atoms with Gasteiger partial charge in [0, 0.05) is 50.8 Å². The fraction of sp³-hybridized carbons (Fsp3) is 0.786. The van der Waals surface area contributed by atoms with Crippen LogP contribution in [-0.2, 0) is 0 Å². The first-order chi connectivity index (χ1) is 9.43. The summed E-state index contributed by atoms with van der Waals surface area (Å²) in [5.41, 5.74) is 0. The highest BCUT2D eigenvalue weighted by molar-refractivity contribution is 7.09. The Hall–Kier alpha value is -0.490. The van der Waals surface area contributed by atoms with Crippen LogP contribution in [0.15, 0.2) is 11.6 Å². The van der Waals surface area contributed by atoms with Gasteiger partial charge < -0.3 is 5.32 Å². The standard InChI is InChI=1S/C14H24N4S/c1-2-7-18(11-10-17-8-4-15-5-9-17)13(3-1)14-16-6-12-19-14/h6,12-13,15H,1-5,7-11H2. The number of rotatable bonds is 4. The molecule has 106 valence electrons. The van der Waals surface area contributed by atoms with Crippen molar-refractivity contribution < 1.29 is 0 Å². The fourth-order valence-electron chi connectivity index (χ4n) is 3.14. The monoisotopic (exact) mass is 280 g/mol. The van der Waals surface area contributed by atoms with Crippen molar-refractivity contribution in [2.24, 2.45) is 0 Å². The molecule has 4 nitrogen and oxygen atoms in total. The number of nitrogens with zero attached hydrogens (tertiary/aromatic N) is 3.